The molecule has 6 heteroatoms. The number of amides is 1. The maximum atomic E-state index is 12.5. The Bertz CT molecular complexity index is 934. The monoisotopic (exact) mass is 367 g/mol. The lowest BCUT2D eigenvalue weighted by atomic mass is 10.2. The highest BCUT2D eigenvalue weighted by Crippen LogP contribution is 2.28. The third-order valence-corrected chi connectivity index (χ3v) is 4.47. The highest BCUT2D eigenvalue weighted by atomic mass is 16.5. The Morgan fingerprint density at radius 1 is 1.19 bits per heavy atom. The third-order valence-electron chi connectivity index (χ3n) is 4.47. The van der Waals surface area contributed by atoms with Gasteiger partial charge >= 0.3 is 0 Å². The number of carbonyl (C=O) groups is 1. The third kappa shape index (κ3) is 4.22. The van der Waals surface area contributed by atoms with Gasteiger partial charge in [0.1, 0.15) is 5.82 Å². The molecule has 1 amide bonds. The number of hydrogen-bond acceptors (Lipinski definition) is 4. The molecule has 0 radical (unpaired) electrons. The second-order valence-electron chi connectivity index (χ2n) is 6.33. The van der Waals surface area contributed by atoms with Crippen molar-refractivity contribution >= 4 is 16.9 Å². The molecular formula is C21H25N3O3. The number of carbonyl (C=O) groups excluding carboxylic acids is 1. The fourth-order valence-electron chi connectivity index (χ4n) is 2.87. The molecule has 1 heterocycles. The van der Waals surface area contributed by atoms with Crippen LogP contribution in [0.4, 0.5) is 0 Å². The molecule has 0 spiro atoms. The summed E-state index contributed by atoms with van der Waals surface area (Å²) in [5, 5.41) is 2.92. The summed E-state index contributed by atoms with van der Waals surface area (Å²) in [5.41, 5.74) is 2.48. The minimum Gasteiger partial charge on any atom is -0.493 e. The van der Waals surface area contributed by atoms with E-state index in [-0.39, 0.29) is 5.91 Å². The maximum Gasteiger partial charge on any atom is 0.251 e. The van der Waals surface area contributed by atoms with E-state index in [1.54, 1.807) is 25.3 Å². The summed E-state index contributed by atoms with van der Waals surface area (Å²) < 4.78 is 13.1. The zero-order valence-corrected chi connectivity index (χ0v) is 16.0. The molecule has 2 aromatic carbocycles. The van der Waals surface area contributed by atoms with Gasteiger partial charge in [0.05, 0.1) is 31.3 Å². The fourth-order valence-corrected chi connectivity index (χ4v) is 2.87. The second-order valence-corrected chi connectivity index (χ2v) is 6.33. The Morgan fingerprint density at radius 2 is 2.00 bits per heavy atom. The first kappa shape index (κ1) is 18.8. The van der Waals surface area contributed by atoms with Crippen LogP contribution < -0.4 is 14.8 Å². The summed E-state index contributed by atoms with van der Waals surface area (Å²) in [7, 11) is 3.52. The topological polar surface area (TPSA) is 65.4 Å². The highest BCUT2D eigenvalue weighted by molar-refractivity contribution is 5.94. The molecule has 0 saturated carbocycles. The van der Waals surface area contributed by atoms with Crippen molar-refractivity contribution in [1.29, 1.82) is 0 Å². The van der Waals surface area contributed by atoms with Gasteiger partial charge in [-0.25, -0.2) is 4.98 Å². The molecule has 3 aromatic rings. The number of nitrogens with zero attached hydrogens (tertiary/aromatic N) is 2. The van der Waals surface area contributed by atoms with Crippen LogP contribution in [0.1, 0.15) is 35.9 Å². The van der Waals surface area contributed by atoms with Crippen LogP contribution in [0.15, 0.2) is 42.5 Å². The lowest BCUT2D eigenvalue weighted by molar-refractivity contribution is 0.0949. The first-order valence-corrected chi connectivity index (χ1v) is 9.13. The normalized spacial score (nSPS) is 10.8. The standard InChI is InChI=1S/C21H25N3O3/c1-4-5-12-27-18-11-10-15(13-19(18)26-3)21(25)22-14-20-23-16-8-6-7-9-17(16)24(20)2/h6-11,13H,4-5,12,14H2,1-3H3,(H,22,25). The predicted octanol–water partition coefficient (Wildman–Crippen LogP) is 3.69. The van der Waals surface area contributed by atoms with E-state index < -0.39 is 0 Å². The molecule has 1 aromatic heterocycles. The first-order valence-electron chi connectivity index (χ1n) is 9.13. The molecule has 27 heavy (non-hydrogen) atoms. The lowest BCUT2D eigenvalue weighted by Crippen LogP contribution is -2.24. The number of fused-ring (bicyclic) bond motifs is 1. The van der Waals surface area contributed by atoms with Gasteiger partial charge in [0.15, 0.2) is 11.5 Å². The van der Waals surface area contributed by atoms with Crippen molar-refractivity contribution in [3.8, 4) is 11.5 Å². The van der Waals surface area contributed by atoms with Crippen molar-refractivity contribution in [3.05, 3.63) is 53.9 Å². The smallest absolute Gasteiger partial charge is 0.251 e. The zero-order valence-electron chi connectivity index (χ0n) is 16.0. The Hall–Kier alpha value is -3.02. The summed E-state index contributed by atoms with van der Waals surface area (Å²) in [4.78, 5) is 17.1. The fraction of sp³-hybridized carbons (Fsp3) is 0.333. The maximum absolute atomic E-state index is 12.5. The number of para-hydroxylation sites is 2. The lowest BCUT2D eigenvalue weighted by Gasteiger charge is -2.12. The van der Waals surface area contributed by atoms with Gasteiger partial charge < -0.3 is 19.4 Å². The van der Waals surface area contributed by atoms with Crippen molar-refractivity contribution < 1.29 is 14.3 Å². The average molecular weight is 367 g/mol. The van der Waals surface area contributed by atoms with E-state index in [4.69, 9.17) is 9.47 Å². The van der Waals surface area contributed by atoms with E-state index in [9.17, 15) is 4.79 Å². The number of aromatic nitrogens is 2. The summed E-state index contributed by atoms with van der Waals surface area (Å²) in [6.07, 6.45) is 2.04. The molecule has 0 aliphatic heterocycles. The molecule has 6 nitrogen and oxygen atoms in total. The molecule has 1 N–H and O–H groups in total. The van der Waals surface area contributed by atoms with E-state index in [2.05, 4.69) is 17.2 Å². The average Bonchev–Trinajstić information content (AvgIpc) is 3.02. The van der Waals surface area contributed by atoms with Gasteiger partial charge in [-0.15, -0.1) is 0 Å². The number of ether oxygens (including phenoxy) is 2. The van der Waals surface area contributed by atoms with Gasteiger partial charge in [0, 0.05) is 12.6 Å². The number of imidazole rings is 1. The molecule has 0 fully saturated rings. The first-order chi connectivity index (χ1) is 13.1. The van der Waals surface area contributed by atoms with Crippen molar-refractivity contribution in [1.82, 2.24) is 14.9 Å². The molecule has 0 aliphatic rings. The molecular weight excluding hydrogens is 342 g/mol. The van der Waals surface area contributed by atoms with E-state index >= 15 is 0 Å². The van der Waals surface area contributed by atoms with Crippen LogP contribution in [0.2, 0.25) is 0 Å². The van der Waals surface area contributed by atoms with Crippen molar-refractivity contribution in [2.45, 2.75) is 26.3 Å². The number of unbranched alkanes of at least 4 members (excludes halogenated alkanes) is 1. The minimum absolute atomic E-state index is 0.180. The van der Waals surface area contributed by atoms with Crippen LogP contribution in [0.25, 0.3) is 11.0 Å². The Kier molecular flexibility index (Phi) is 5.96. The van der Waals surface area contributed by atoms with Crippen LogP contribution in [-0.4, -0.2) is 29.2 Å². The zero-order chi connectivity index (χ0) is 19.2. The van der Waals surface area contributed by atoms with Crippen LogP contribution in [0.3, 0.4) is 0 Å². The summed E-state index contributed by atoms with van der Waals surface area (Å²) >= 11 is 0. The Labute approximate surface area is 159 Å². The summed E-state index contributed by atoms with van der Waals surface area (Å²) in [6, 6.07) is 13.1. The van der Waals surface area contributed by atoms with Gasteiger partial charge in [0.2, 0.25) is 0 Å². The number of aryl methyl sites for hydroxylation is 1. The van der Waals surface area contributed by atoms with E-state index in [0.29, 0.717) is 30.2 Å². The molecule has 0 saturated heterocycles. The number of nitrogens with one attached hydrogen (secondary N) is 1. The number of rotatable bonds is 8. The summed E-state index contributed by atoms with van der Waals surface area (Å²) in [6.45, 7) is 3.09. The molecule has 0 bridgehead atoms. The quantitative estimate of drug-likeness (QED) is 0.617. The number of hydrogen-bond donors (Lipinski definition) is 1. The minimum atomic E-state index is -0.180. The van der Waals surface area contributed by atoms with Crippen molar-refractivity contribution in [3.63, 3.8) is 0 Å². The van der Waals surface area contributed by atoms with Crippen LogP contribution in [0, 0.1) is 0 Å². The van der Waals surface area contributed by atoms with Crippen LogP contribution in [-0.2, 0) is 13.6 Å². The molecule has 142 valence electrons. The SMILES string of the molecule is CCCCOc1ccc(C(=O)NCc2nc3ccccc3n2C)cc1OC. The predicted molar refractivity (Wildman–Crippen MR) is 105 cm³/mol. The van der Waals surface area contributed by atoms with E-state index in [1.807, 2.05) is 35.9 Å². The van der Waals surface area contributed by atoms with Crippen molar-refractivity contribution in [2.24, 2.45) is 7.05 Å². The number of methoxy groups -OCH3 is 1. The molecule has 0 unspecified atom stereocenters. The Morgan fingerprint density at radius 3 is 2.74 bits per heavy atom. The highest BCUT2D eigenvalue weighted by Gasteiger charge is 2.13. The Balaban J connectivity index is 1.69. The molecule has 0 aliphatic carbocycles. The van der Waals surface area contributed by atoms with Crippen molar-refractivity contribution in [2.75, 3.05) is 13.7 Å². The largest absolute Gasteiger partial charge is 0.493 e. The van der Waals surface area contributed by atoms with Gasteiger partial charge in [-0.1, -0.05) is 25.5 Å². The molecule has 0 atom stereocenters. The van der Waals surface area contributed by atoms with Gasteiger partial charge in [0.25, 0.3) is 5.91 Å². The van der Waals surface area contributed by atoms with Gasteiger partial charge in [-0.2, -0.15) is 0 Å². The van der Waals surface area contributed by atoms with Gasteiger partial charge in [-0.05, 0) is 36.8 Å². The second kappa shape index (κ2) is 8.58. The number of benzene rings is 2. The van der Waals surface area contributed by atoms with E-state index in [1.165, 1.54) is 0 Å². The summed E-state index contributed by atoms with van der Waals surface area (Å²) in [5.74, 6) is 1.83. The van der Waals surface area contributed by atoms with E-state index in [0.717, 1.165) is 29.7 Å². The van der Waals surface area contributed by atoms with Gasteiger partial charge in [-0.3, -0.25) is 4.79 Å². The molecule has 3 rings (SSSR count). The van der Waals surface area contributed by atoms with Crippen LogP contribution in [0.5, 0.6) is 11.5 Å². The van der Waals surface area contributed by atoms with Crippen LogP contribution >= 0.6 is 0 Å².